The molecule has 5 aromatic rings. The number of hydrogen-bond acceptors (Lipinski definition) is 3. The number of nitrogens with zero attached hydrogens (tertiary/aromatic N) is 2. The number of aryl methyl sites for hydroxylation is 2. The molecule has 44 heavy (non-hydrogen) atoms. The summed E-state index contributed by atoms with van der Waals surface area (Å²) in [5.41, 5.74) is 6.35. The number of nitrogens with one attached hydrogen (secondary N) is 1. The average Bonchev–Trinajstić information content (AvgIpc) is 3.55. The average molecular weight is 596 g/mol. The van der Waals surface area contributed by atoms with Crippen LogP contribution in [0.15, 0.2) is 103 Å². The van der Waals surface area contributed by atoms with Gasteiger partial charge in [-0.2, -0.15) is 13.2 Å². The van der Waals surface area contributed by atoms with E-state index in [0.717, 1.165) is 34.4 Å². The van der Waals surface area contributed by atoms with E-state index in [4.69, 9.17) is 4.74 Å². The van der Waals surface area contributed by atoms with Gasteiger partial charge in [0, 0.05) is 25.9 Å². The lowest BCUT2D eigenvalue weighted by atomic mass is 9.96. The lowest BCUT2D eigenvalue weighted by Crippen LogP contribution is -2.26. The number of carbonyl (C=O) groups excluding carboxylic acids is 2. The molecule has 0 atom stereocenters. The highest BCUT2D eigenvalue weighted by molar-refractivity contribution is 6.14. The Morgan fingerprint density at radius 3 is 2.18 bits per heavy atom. The van der Waals surface area contributed by atoms with Gasteiger partial charge in [-0.25, -0.2) is 4.79 Å². The molecule has 0 bridgehead atoms. The van der Waals surface area contributed by atoms with Crippen molar-refractivity contribution in [2.75, 3.05) is 4.90 Å². The van der Waals surface area contributed by atoms with E-state index in [-0.39, 0.29) is 24.9 Å². The molecule has 6 nitrogen and oxygen atoms in total. The van der Waals surface area contributed by atoms with Gasteiger partial charge in [0.1, 0.15) is 0 Å². The Labute approximate surface area is 252 Å². The third-order valence-corrected chi connectivity index (χ3v) is 7.69. The van der Waals surface area contributed by atoms with Gasteiger partial charge in [-0.3, -0.25) is 4.79 Å². The van der Waals surface area contributed by atoms with Gasteiger partial charge >= 0.3 is 12.3 Å². The third-order valence-electron chi connectivity index (χ3n) is 7.69. The highest BCUT2D eigenvalue weighted by Gasteiger charge is 2.33. The van der Waals surface area contributed by atoms with E-state index >= 15 is 0 Å². The summed E-state index contributed by atoms with van der Waals surface area (Å²) in [4.78, 5) is 27.7. The standard InChI is InChI=1S/C35H28F3N3O3/c1-22-6-10-24(11-7-22)25-12-8-23(9-13-25)19-39-34(43)44-31-18-29(21-40(31)2)41-20-27-4-3-5-30(32(27)33(41)42)26-14-16-28(17-15-26)35(36,37)38/h3-18,21H,19-20H2,1-2H3,(H,39,43). The Morgan fingerprint density at radius 1 is 0.886 bits per heavy atom. The number of alkyl halides is 3. The Kier molecular flexibility index (Phi) is 7.47. The largest absolute Gasteiger partial charge is 0.416 e. The van der Waals surface area contributed by atoms with Crippen LogP contribution in [-0.2, 0) is 26.3 Å². The van der Waals surface area contributed by atoms with E-state index in [1.54, 1.807) is 40.9 Å². The van der Waals surface area contributed by atoms with Crippen LogP contribution in [0.3, 0.4) is 0 Å². The molecule has 1 N–H and O–H groups in total. The van der Waals surface area contributed by atoms with Crippen molar-refractivity contribution >= 4 is 17.7 Å². The Morgan fingerprint density at radius 2 is 1.52 bits per heavy atom. The Bertz CT molecular complexity index is 1840. The lowest BCUT2D eigenvalue weighted by molar-refractivity contribution is -0.137. The molecule has 222 valence electrons. The van der Waals surface area contributed by atoms with E-state index in [1.807, 2.05) is 37.3 Å². The lowest BCUT2D eigenvalue weighted by Gasteiger charge is -2.13. The van der Waals surface area contributed by atoms with E-state index in [0.29, 0.717) is 22.4 Å². The van der Waals surface area contributed by atoms with Crippen LogP contribution in [0.5, 0.6) is 5.88 Å². The van der Waals surface area contributed by atoms with Crippen LogP contribution >= 0.6 is 0 Å². The number of halogens is 3. The van der Waals surface area contributed by atoms with Crippen molar-refractivity contribution in [1.29, 1.82) is 0 Å². The number of anilines is 1. The molecule has 2 amide bonds. The van der Waals surface area contributed by atoms with Gasteiger partial charge in [0.25, 0.3) is 5.91 Å². The number of benzene rings is 4. The molecule has 1 aliphatic rings. The van der Waals surface area contributed by atoms with Crippen LogP contribution < -0.4 is 15.0 Å². The molecule has 0 saturated heterocycles. The molecule has 2 heterocycles. The summed E-state index contributed by atoms with van der Waals surface area (Å²) in [5, 5.41) is 2.76. The number of aromatic nitrogens is 1. The Hall–Kier alpha value is -5.31. The molecular weight excluding hydrogens is 567 g/mol. The van der Waals surface area contributed by atoms with E-state index < -0.39 is 17.8 Å². The van der Waals surface area contributed by atoms with Crippen molar-refractivity contribution in [3.8, 4) is 28.1 Å². The normalized spacial score (nSPS) is 12.8. The molecule has 1 aromatic heterocycles. The minimum Gasteiger partial charge on any atom is -0.393 e. The molecule has 0 radical (unpaired) electrons. The maximum Gasteiger partial charge on any atom is 0.416 e. The van der Waals surface area contributed by atoms with Crippen molar-refractivity contribution in [2.45, 2.75) is 26.2 Å². The molecule has 1 aliphatic heterocycles. The topological polar surface area (TPSA) is 63.6 Å². The van der Waals surface area contributed by atoms with Crippen LogP contribution in [0.4, 0.5) is 23.7 Å². The summed E-state index contributed by atoms with van der Waals surface area (Å²) in [6.07, 6.45) is -3.39. The Balaban J connectivity index is 1.11. The fraction of sp³-hybridized carbons (Fsp3) is 0.143. The zero-order chi connectivity index (χ0) is 31.0. The van der Waals surface area contributed by atoms with Crippen molar-refractivity contribution in [3.63, 3.8) is 0 Å². The molecule has 6 rings (SSSR count). The smallest absolute Gasteiger partial charge is 0.393 e. The minimum atomic E-state index is -4.44. The molecular formula is C35H28F3N3O3. The summed E-state index contributed by atoms with van der Waals surface area (Å²) in [7, 11) is 1.71. The minimum absolute atomic E-state index is 0.249. The molecule has 9 heteroatoms. The van der Waals surface area contributed by atoms with Gasteiger partial charge in [0.15, 0.2) is 0 Å². The molecule has 0 fully saturated rings. The van der Waals surface area contributed by atoms with E-state index in [2.05, 4.69) is 29.6 Å². The zero-order valence-electron chi connectivity index (χ0n) is 24.0. The summed E-state index contributed by atoms with van der Waals surface area (Å²) >= 11 is 0. The summed E-state index contributed by atoms with van der Waals surface area (Å²) < 4.78 is 46.3. The van der Waals surface area contributed by atoms with E-state index in [1.165, 1.54) is 17.7 Å². The fourth-order valence-electron chi connectivity index (χ4n) is 5.29. The predicted molar refractivity (Wildman–Crippen MR) is 162 cm³/mol. The second-order valence-electron chi connectivity index (χ2n) is 10.8. The first-order valence-electron chi connectivity index (χ1n) is 14.0. The summed E-state index contributed by atoms with van der Waals surface area (Å²) in [6, 6.07) is 27.9. The monoisotopic (exact) mass is 595 g/mol. The van der Waals surface area contributed by atoms with Crippen molar-refractivity contribution in [1.82, 2.24) is 9.88 Å². The second-order valence-corrected chi connectivity index (χ2v) is 10.8. The molecule has 0 unspecified atom stereocenters. The first-order valence-corrected chi connectivity index (χ1v) is 14.0. The highest BCUT2D eigenvalue weighted by Crippen LogP contribution is 2.38. The maximum atomic E-state index is 13.6. The van der Waals surface area contributed by atoms with Crippen LogP contribution in [0.2, 0.25) is 0 Å². The van der Waals surface area contributed by atoms with Crippen LogP contribution in [-0.4, -0.2) is 16.6 Å². The molecule has 0 aliphatic carbocycles. The first-order chi connectivity index (χ1) is 21.1. The van der Waals surface area contributed by atoms with Crippen molar-refractivity contribution < 1.29 is 27.5 Å². The van der Waals surface area contributed by atoms with Crippen LogP contribution in [0.1, 0.15) is 32.6 Å². The summed E-state index contributed by atoms with van der Waals surface area (Å²) in [5.74, 6) is -0.0369. The molecule has 0 spiro atoms. The van der Waals surface area contributed by atoms with Crippen LogP contribution in [0.25, 0.3) is 22.3 Å². The SMILES string of the molecule is Cc1ccc(-c2ccc(CNC(=O)Oc3cc(N4Cc5cccc(-c6ccc(C(F)(F)F)cc6)c5C4=O)cn3C)cc2)cc1. The van der Waals surface area contributed by atoms with E-state index in [9.17, 15) is 22.8 Å². The highest BCUT2D eigenvalue weighted by atomic mass is 19.4. The van der Waals surface area contributed by atoms with Gasteiger partial charge in [0.05, 0.1) is 23.4 Å². The number of ether oxygens (including phenoxy) is 1. The van der Waals surface area contributed by atoms with Crippen molar-refractivity contribution in [3.05, 3.63) is 131 Å². The number of fused-ring (bicyclic) bond motifs is 1. The van der Waals surface area contributed by atoms with Gasteiger partial charge in [0.2, 0.25) is 5.88 Å². The zero-order valence-corrected chi connectivity index (χ0v) is 24.0. The number of hydrogen-bond donors (Lipinski definition) is 1. The van der Waals surface area contributed by atoms with Gasteiger partial charge in [-0.1, -0.05) is 84.4 Å². The molecule has 0 saturated carbocycles. The fourth-order valence-corrected chi connectivity index (χ4v) is 5.29. The quantitative estimate of drug-likeness (QED) is 0.216. The third kappa shape index (κ3) is 5.81. The van der Waals surface area contributed by atoms with Gasteiger partial charge in [-0.05, 0) is 52.4 Å². The number of carbonyl (C=O) groups is 2. The molecule has 4 aromatic carbocycles. The summed E-state index contributed by atoms with van der Waals surface area (Å²) in [6.45, 7) is 2.59. The number of rotatable bonds is 6. The van der Waals surface area contributed by atoms with Crippen molar-refractivity contribution in [2.24, 2.45) is 7.05 Å². The maximum absolute atomic E-state index is 13.6. The van der Waals surface area contributed by atoms with Gasteiger partial charge < -0.3 is 19.5 Å². The van der Waals surface area contributed by atoms with Gasteiger partial charge in [-0.15, -0.1) is 0 Å². The number of amides is 2. The van der Waals surface area contributed by atoms with Crippen LogP contribution in [0, 0.1) is 6.92 Å². The second kappa shape index (κ2) is 11.4. The first kappa shape index (κ1) is 28.8. The predicted octanol–water partition coefficient (Wildman–Crippen LogP) is 8.14.